The van der Waals surface area contributed by atoms with Crippen molar-refractivity contribution in [2.75, 3.05) is 0 Å². The molecule has 10 aromatic rings. The Hall–Kier alpha value is -6.64. The zero-order chi connectivity index (χ0) is 33.0. The van der Waals surface area contributed by atoms with Gasteiger partial charge >= 0.3 is 0 Å². The molecular formula is C48H30N2. The zero-order valence-electron chi connectivity index (χ0n) is 27.2. The predicted molar refractivity (Wildman–Crippen MR) is 211 cm³/mol. The maximum absolute atomic E-state index is 4.40. The Balaban J connectivity index is 1.49. The molecular weight excluding hydrogens is 605 g/mol. The second kappa shape index (κ2) is 11.5. The lowest BCUT2D eigenvalue weighted by Gasteiger charge is -2.22. The SMILES string of the molecule is c1ccc(-c2c(-c3cccc4ccccc34)c3ccccc3c3cc4c(-c5ccncc5)c5ccccc5c(-c5ccncc5)c4cc23)cc1. The molecule has 0 amide bonds. The Labute approximate surface area is 290 Å². The van der Waals surface area contributed by atoms with Crippen molar-refractivity contribution in [1.29, 1.82) is 0 Å². The molecule has 0 aliphatic carbocycles. The molecule has 0 aliphatic rings. The molecule has 0 N–H and O–H groups in total. The quantitative estimate of drug-likeness (QED) is 0.142. The Morgan fingerprint density at radius 1 is 0.260 bits per heavy atom. The van der Waals surface area contributed by atoms with Crippen molar-refractivity contribution in [3.8, 4) is 44.5 Å². The molecule has 8 aromatic carbocycles. The highest BCUT2D eigenvalue weighted by Crippen LogP contribution is 2.50. The first-order valence-corrected chi connectivity index (χ1v) is 17.1. The van der Waals surface area contributed by atoms with Crippen LogP contribution in [0.3, 0.4) is 0 Å². The minimum absolute atomic E-state index is 1.15. The van der Waals surface area contributed by atoms with Crippen LogP contribution in [0.5, 0.6) is 0 Å². The summed E-state index contributed by atoms with van der Waals surface area (Å²) in [6.07, 6.45) is 7.59. The predicted octanol–water partition coefficient (Wildman–Crippen LogP) is 12.9. The van der Waals surface area contributed by atoms with Gasteiger partial charge in [-0.2, -0.15) is 0 Å². The fourth-order valence-electron chi connectivity index (χ4n) is 8.14. The van der Waals surface area contributed by atoms with Crippen LogP contribution in [-0.2, 0) is 0 Å². The summed E-state index contributed by atoms with van der Waals surface area (Å²) in [7, 11) is 0. The van der Waals surface area contributed by atoms with E-state index in [4.69, 9.17) is 0 Å². The van der Waals surface area contributed by atoms with E-state index in [1.54, 1.807) is 0 Å². The zero-order valence-corrected chi connectivity index (χ0v) is 27.2. The van der Waals surface area contributed by atoms with Gasteiger partial charge in [-0.1, -0.05) is 121 Å². The molecule has 0 spiro atoms. The minimum atomic E-state index is 1.15. The monoisotopic (exact) mass is 634 g/mol. The molecule has 0 saturated heterocycles. The molecule has 50 heavy (non-hydrogen) atoms. The third kappa shape index (κ3) is 4.36. The lowest BCUT2D eigenvalue weighted by molar-refractivity contribution is 1.33. The highest BCUT2D eigenvalue weighted by Gasteiger charge is 2.23. The number of benzene rings is 8. The highest BCUT2D eigenvalue weighted by molar-refractivity contribution is 6.30. The number of rotatable bonds is 4. The van der Waals surface area contributed by atoms with E-state index >= 15 is 0 Å². The molecule has 2 aromatic heterocycles. The Morgan fingerprint density at radius 3 is 1.32 bits per heavy atom. The van der Waals surface area contributed by atoms with E-state index in [9.17, 15) is 0 Å². The average molecular weight is 635 g/mol. The number of fused-ring (bicyclic) bond motifs is 6. The van der Waals surface area contributed by atoms with Crippen LogP contribution in [-0.4, -0.2) is 9.97 Å². The van der Waals surface area contributed by atoms with Gasteiger partial charge in [0.25, 0.3) is 0 Å². The second-order valence-corrected chi connectivity index (χ2v) is 12.9. The van der Waals surface area contributed by atoms with Crippen molar-refractivity contribution in [2.24, 2.45) is 0 Å². The van der Waals surface area contributed by atoms with E-state index in [1.165, 1.54) is 87.2 Å². The summed E-state index contributed by atoms with van der Waals surface area (Å²) >= 11 is 0. The van der Waals surface area contributed by atoms with Gasteiger partial charge < -0.3 is 0 Å². The Kier molecular flexibility index (Phi) is 6.53. The molecule has 2 heterocycles. The van der Waals surface area contributed by atoms with Gasteiger partial charge in [-0.05, 0) is 135 Å². The summed E-state index contributed by atoms with van der Waals surface area (Å²) in [5, 5.41) is 12.3. The molecule has 0 atom stereocenters. The molecule has 0 aliphatic heterocycles. The second-order valence-electron chi connectivity index (χ2n) is 12.9. The molecule has 0 unspecified atom stereocenters. The van der Waals surface area contributed by atoms with Crippen LogP contribution in [0.4, 0.5) is 0 Å². The van der Waals surface area contributed by atoms with Crippen molar-refractivity contribution in [3.63, 3.8) is 0 Å². The summed E-state index contributed by atoms with van der Waals surface area (Å²) < 4.78 is 0. The van der Waals surface area contributed by atoms with E-state index in [1.807, 2.05) is 24.8 Å². The molecule has 2 heteroatoms. The van der Waals surface area contributed by atoms with Crippen molar-refractivity contribution in [2.45, 2.75) is 0 Å². The molecule has 0 bridgehead atoms. The summed E-state index contributed by atoms with van der Waals surface area (Å²) in [6.45, 7) is 0. The smallest absolute Gasteiger partial charge is 0.0273 e. The van der Waals surface area contributed by atoms with Gasteiger partial charge in [0.15, 0.2) is 0 Å². The van der Waals surface area contributed by atoms with Crippen molar-refractivity contribution < 1.29 is 0 Å². The van der Waals surface area contributed by atoms with Crippen LogP contribution in [0.1, 0.15) is 0 Å². The first-order chi connectivity index (χ1) is 24.8. The summed E-state index contributed by atoms with van der Waals surface area (Å²) in [5.41, 5.74) is 9.70. The number of nitrogens with zero attached hydrogens (tertiary/aromatic N) is 2. The van der Waals surface area contributed by atoms with E-state index in [0.717, 1.165) is 11.1 Å². The lowest BCUT2D eigenvalue weighted by atomic mass is 9.80. The number of pyridine rings is 2. The van der Waals surface area contributed by atoms with Crippen molar-refractivity contribution in [1.82, 2.24) is 9.97 Å². The van der Waals surface area contributed by atoms with Crippen LogP contribution < -0.4 is 0 Å². The molecule has 0 radical (unpaired) electrons. The van der Waals surface area contributed by atoms with Crippen molar-refractivity contribution in [3.05, 3.63) is 183 Å². The Morgan fingerprint density at radius 2 is 0.700 bits per heavy atom. The average Bonchev–Trinajstić information content (AvgIpc) is 3.19. The largest absolute Gasteiger partial charge is 0.265 e. The van der Waals surface area contributed by atoms with Gasteiger partial charge in [0, 0.05) is 24.8 Å². The standard InChI is InChI=1S/C48H30N2/c1-2-12-32(13-3-1)47-42-30-44-43(29-41(42)36-16-6-7-17-38(36)48(47)37-20-10-14-31-11-4-5-15-35(31)37)45(33-21-25-49-26-22-33)39-18-8-9-19-40(39)46(44)34-23-27-50-28-24-34/h1-30H. The van der Waals surface area contributed by atoms with Gasteiger partial charge in [0.2, 0.25) is 0 Å². The van der Waals surface area contributed by atoms with Gasteiger partial charge in [0.1, 0.15) is 0 Å². The topological polar surface area (TPSA) is 25.8 Å². The van der Waals surface area contributed by atoms with Crippen LogP contribution in [0.2, 0.25) is 0 Å². The number of hydrogen-bond donors (Lipinski definition) is 0. The third-order valence-electron chi connectivity index (χ3n) is 10.2. The van der Waals surface area contributed by atoms with E-state index in [0.29, 0.717) is 0 Å². The minimum Gasteiger partial charge on any atom is -0.265 e. The fraction of sp³-hybridized carbons (Fsp3) is 0. The van der Waals surface area contributed by atoms with Crippen LogP contribution in [0.15, 0.2) is 183 Å². The number of hydrogen-bond acceptors (Lipinski definition) is 2. The maximum Gasteiger partial charge on any atom is 0.0273 e. The summed E-state index contributed by atoms with van der Waals surface area (Å²) in [6, 6.07) is 57.6. The van der Waals surface area contributed by atoms with Gasteiger partial charge in [-0.25, -0.2) is 0 Å². The van der Waals surface area contributed by atoms with E-state index in [2.05, 4.69) is 168 Å². The fourth-order valence-corrected chi connectivity index (χ4v) is 8.14. The highest BCUT2D eigenvalue weighted by atomic mass is 14.6. The van der Waals surface area contributed by atoms with Gasteiger partial charge in [-0.3, -0.25) is 9.97 Å². The lowest BCUT2D eigenvalue weighted by Crippen LogP contribution is -1.95. The molecule has 0 saturated carbocycles. The van der Waals surface area contributed by atoms with Gasteiger partial charge in [0.05, 0.1) is 0 Å². The van der Waals surface area contributed by atoms with E-state index in [-0.39, 0.29) is 0 Å². The van der Waals surface area contributed by atoms with Crippen LogP contribution in [0.25, 0.3) is 98.4 Å². The van der Waals surface area contributed by atoms with E-state index < -0.39 is 0 Å². The molecule has 0 fully saturated rings. The Bertz CT molecular complexity index is 2890. The van der Waals surface area contributed by atoms with Crippen molar-refractivity contribution >= 4 is 53.9 Å². The first kappa shape index (κ1) is 28.4. The van der Waals surface area contributed by atoms with Crippen LogP contribution in [0, 0.1) is 0 Å². The molecule has 2 nitrogen and oxygen atoms in total. The van der Waals surface area contributed by atoms with Crippen LogP contribution >= 0.6 is 0 Å². The first-order valence-electron chi connectivity index (χ1n) is 17.1. The van der Waals surface area contributed by atoms with Gasteiger partial charge in [-0.15, -0.1) is 0 Å². The summed E-state index contributed by atoms with van der Waals surface area (Å²) in [4.78, 5) is 8.78. The number of aromatic nitrogens is 2. The summed E-state index contributed by atoms with van der Waals surface area (Å²) in [5.74, 6) is 0. The normalized spacial score (nSPS) is 11.6. The molecule has 232 valence electrons. The maximum atomic E-state index is 4.40. The molecule has 10 rings (SSSR count). The third-order valence-corrected chi connectivity index (χ3v) is 10.2.